The Morgan fingerprint density at radius 1 is 0.958 bits per heavy atom. The second-order valence-electron chi connectivity index (χ2n) is 6.43. The summed E-state index contributed by atoms with van der Waals surface area (Å²) < 4.78 is 0. The van der Waals surface area contributed by atoms with Gasteiger partial charge in [0.15, 0.2) is 0 Å². The van der Waals surface area contributed by atoms with Gasteiger partial charge in [-0.1, -0.05) is 101 Å². The normalized spacial score (nSPS) is 15.1. The molecule has 0 saturated heterocycles. The van der Waals surface area contributed by atoms with Crippen LogP contribution in [0.25, 0.3) is 0 Å². The average Bonchev–Trinajstić information content (AvgIpc) is 2.55. The summed E-state index contributed by atoms with van der Waals surface area (Å²) in [4.78, 5) is 11.1. The molecule has 0 saturated carbocycles. The molecule has 0 aliphatic carbocycles. The molecule has 0 heterocycles. The summed E-state index contributed by atoms with van der Waals surface area (Å²) in [5.41, 5.74) is 0. The molecule has 2 atom stereocenters. The monoisotopic (exact) mass is 332 g/mol. The molecule has 0 spiro atoms. The smallest absolute Gasteiger partial charge is 0.303 e. The molecule has 0 radical (unpaired) electrons. The van der Waals surface area contributed by atoms with E-state index in [4.69, 9.17) is 5.11 Å². The molecule has 0 amide bonds. The Morgan fingerprint density at radius 3 is 2.29 bits per heavy atom. The van der Waals surface area contributed by atoms with Gasteiger partial charge in [0, 0.05) is 0 Å². The molecule has 136 valence electrons. The first-order chi connectivity index (χ1) is 11.6. The van der Waals surface area contributed by atoms with E-state index in [2.05, 4.69) is 51.2 Å². The quantitative estimate of drug-likeness (QED) is 0.218. The molecule has 24 heavy (non-hydrogen) atoms. The van der Waals surface area contributed by atoms with Gasteiger partial charge in [0.2, 0.25) is 0 Å². The van der Waals surface area contributed by atoms with Crippen LogP contribution < -0.4 is 0 Å². The summed E-state index contributed by atoms with van der Waals surface area (Å²) in [5, 5.41) is 9.10. The maximum atomic E-state index is 11.1. The predicted octanol–water partition coefficient (Wildman–Crippen LogP) is 6.71. The lowest BCUT2D eigenvalue weighted by molar-refractivity contribution is -0.138. The van der Waals surface area contributed by atoms with Crippen molar-refractivity contribution in [1.82, 2.24) is 0 Å². The van der Waals surface area contributed by atoms with Crippen LogP contribution in [0.5, 0.6) is 0 Å². The Balaban J connectivity index is 4.26. The fourth-order valence-electron chi connectivity index (χ4n) is 2.55. The Labute approximate surface area is 149 Å². The minimum absolute atomic E-state index is 0.139. The molecule has 0 aromatic carbocycles. The Bertz CT molecular complexity index is 416. The van der Waals surface area contributed by atoms with Crippen LogP contribution in [0.15, 0.2) is 48.6 Å². The van der Waals surface area contributed by atoms with Gasteiger partial charge in [-0.05, 0) is 24.7 Å². The van der Waals surface area contributed by atoms with E-state index in [-0.39, 0.29) is 12.3 Å². The predicted molar refractivity (Wildman–Crippen MR) is 105 cm³/mol. The fourth-order valence-corrected chi connectivity index (χ4v) is 2.55. The lowest BCUT2D eigenvalue weighted by atomic mass is 9.86. The average molecular weight is 333 g/mol. The highest BCUT2D eigenvalue weighted by Gasteiger charge is 2.17. The van der Waals surface area contributed by atoms with Gasteiger partial charge in [-0.3, -0.25) is 4.79 Å². The molecular weight excluding hydrogens is 296 g/mol. The summed E-state index contributed by atoms with van der Waals surface area (Å²) in [6.45, 7) is 6.54. The van der Waals surface area contributed by atoms with Crippen molar-refractivity contribution in [1.29, 1.82) is 0 Å². The van der Waals surface area contributed by atoms with Gasteiger partial charge >= 0.3 is 5.97 Å². The number of unbranched alkanes of at least 4 members (excludes halogenated alkanes) is 3. The molecule has 0 aromatic heterocycles. The molecule has 0 aliphatic rings. The van der Waals surface area contributed by atoms with Crippen molar-refractivity contribution in [3.8, 4) is 0 Å². The highest BCUT2D eigenvalue weighted by Crippen LogP contribution is 2.23. The first kappa shape index (κ1) is 22.4. The number of carboxylic acids is 1. The second-order valence-corrected chi connectivity index (χ2v) is 6.43. The summed E-state index contributed by atoms with van der Waals surface area (Å²) in [6, 6.07) is 0. The Kier molecular flexibility index (Phi) is 15.2. The number of aliphatic carboxylic acids is 1. The number of carbonyl (C=O) groups is 1. The van der Waals surface area contributed by atoms with Gasteiger partial charge < -0.3 is 5.11 Å². The van der Waals surface area contributed by atoms with Gasteiger partial charge in [-0.25, -0.2) is 0 Å². The zero-order valence-corrected chi connectivity index (χ0v) is 15.8. The van der Waals surface area contributed by atoms with Crippen LogP contribution in [0.1, 0.15) is 72.1 Å². The first-order valence-electron chi connectivity index (χ1n) is 9.48. The SMILES string of the molecule is CCCC=CC=CC=CCC=CC(CC(=O)O)C(C)CCCCC. The molecule has 0 rings (SSSR count). The van der Waals surface area contributed by atoms with E-state index in [0.717, 1.165) is 19.3 Å². The van der Waals surface area contributed by atoms with Crippen molar-refractivity contribution in [3.05, 3.63) is 48.6 Å². The Hall–Kier alpha value is -1.57. The molecule has 0 bridgehead atoms. The number of carboxylic acid groups (broad SMARTS) is 1. The van der Waals surface area contributed by atoms with Gasteiger partial charge in [-0.2, -0.15) is 0 Å². The van der Waals surface area contributed by atoms with E-state index in [1.165, 1.54) is 25.7 Å². The molecule has 2 unspecified atom stereocenters. The molecular formula is C22H36O2. The third-order valence-electron chi connectivity index (χ3n) is 4.12. The van der Waals surface area contributed by atoms with E-state index < -0.39 is 5.97 Å². The third-order valence-corrected chi connectivity index (χ3v) is 4.12. The summed E-state index contributed by atoms with van der Waals surface area (Å²) in [6.07, 6.45) is 24.8. The number of hydrogen-bond donors (Lipinski definition) is 1. The largest absolute Gasteiger partial charge is 0.481 e. The maximum Gasteiger partial charge on any atom is 0.303 e. The Morgan fingerprint density at radius 2 is 1.67 bits per heavy atom. The van der Waals surface area contributed by atoms with Crippen LogP contribution in [-0.2, 0) is 4.79 Å². The van der Waals surface area contributed by atoms with Crippen LogP contribution in [-0.4, -0.2) is 11.1 Å². The minimum Gasteiger partial charge on any atom is -0.481 e. The topological polar surface area (TPSA) is 37.3 Å². The standard InChI is InChI=1S/C22H36O2/c1-4-6-8-9-10-11-12-13-14-16-18-21(19-22(23)24)20(3)17-15-7-5-2/h8-13,16,18,20-21H,4-7,14-15,17,19H2,1-3H3,(H,23,24). The van der Waals surface area contributed by atoms with Gasteiger partial charge in [0.1, 0.15) is 0 Å². The molecule has 1 N–H and O–H groups in total. The van der Waals surface area contributed by atoms with Crippen molar-refractivity contribution in [2.75, 3.05) is 0 Å². The highest BCUT2D eigenvalue weighted by molar-refractivity contribution is 5.67. The highest BCUT2D eigenvalue weighted by atomic mass is 16.4. The number of hydrogen-bond acceptors (Lipinski definition) is 1. The summed E-state index contributed by atoms with van der Waals surface area (Å²) in [5.74, 6) is -0.138. The van der Waals surface area contributed by atoms with E-state index in [0.29, 0.717) is 5.92 Å². The van der Waals surface area contributed by atoms with Gasteiger partial charge in [0.25, 0.3) is 0 Å². The van der Waals surface area contributed by atoms with Crippen molar-refractivity contribution >= 4 is 5.97 Å². The zero-order chi connectivity index (χ0) is 18.0. The van der Waals surface area contributed by atoms with Crippen molar-refractivity contribution < 1.29 is 9.90 Å². The fraction of sp³-hybridized carbons (Fsp3) is 0.591. The van der Waals surface area contributed by atoms with Crippen molar-refractivity contribution in [2.45, 2.75) is 72.1 Å². The second kappa shape index (κ2) is 16.3. The number of allylic oxidation sites excluding steroid dienone is 8. The van der Waals surface area contributed by atoms with E-state index >= 15 is 0 Å². The van der Waals surface area contributed by atoms with Crippen LogP contribution >= 0.6 is 0 Å². The lowest BCUT2D eigenvalue weighted by Gasteiger charge is -2.19. The van der Waals surface area contributed by atoms with Crippen molar-refractivity contribution in [3.63, 3.8) is 0 Å². The molecule has 0 fully saturated rings. The number of rotatable bonds is 14. The van der Waals surface area contributed by atoms with Gasteiger partial charge in [0.05, 0.1) is 6.42 Å². The minimum atomic E-state index is -0.704. The zero-order valence-electron chi connectivity index (χ0n) is 15.8. The molecule has 0 aromatic rings. The van der Waals surface area contributed by atoms with Gasteiger partial charge in [-0.15, -0.1) is 0 Å². The van der Waals surface area contributed by atoms with Crippen LogP contribution in [0.3, 0.4) is 0 Å². The van der Waals surface area contributed by atoms with E-state index in [1.54, 1.807) is 0 Å². The first-order valence-corrected chi connectivity index (χ1v) is 9.48. The van der Waals surface area contributed by atoms with E-state index in [1.807, 2.05) is 18.2 Å². The summed E-state index contributed by atoms with van der Waals surface area (Å²) in [7, 11) is 0. The maximum absolute atomic E-state index is 11.1. The molecule has 2 heteroatoms. The summed E-state index contributed by atoms with van der Waals surface area (Å²) >= 11 is 0. The van der Waals surface area contributed by atoms with Crippen LogP contribution in [0, 0.1) is 11.8 Å². The van der Waals surface area contributed by atoms with Crippen LogP contribution in [0.4, 0.5) is 0 Å². The van der Waals surface area contributed by atoms with Crippen LogP contribution in [0.2, 0.25) is 0 Å². The van der Waals surface area contributed by atoms with Crippen molar-refractivity contribution in [2.24, 2.45) is 11.8 Å². The molecule has 0 aliphatic heterocycles. The molecule has 2 nitrogen and oxygen atoms in total. The lowest BCUT2D eigenvalue weighted by Crippen LogP contribution is -2.14. The third kappa shape index (κ3) is 14.0. The van der Waals surface area contributed by atoms with E-state index in [9.17, 15) is 4.79 Å².